The first-order chi connectivity index (χ1) is 17.7. The van der Waals surface area contributed by atoms with Gasteiger partial charge in [-0.2, -0.15) is 0 Å². The van der Waals surface area contributed by atoms with Gasteiger partial charge in [-0.05, 0) is 49.2 Å². The summed E-state index contributed by atoms with van der Waals surface area (Å²) in [6.45, 7) is 3.41. The van der Waals surface area contributed by atoms with Gasteiger partial charge in [0, 0.05) is 31.7 Å². The van der Waals surface area contributed by atoms with Gasteiger partial charge in [-0.25, -0.2) is 27.0 Å². The maximum absolute atomic E-state index is 15.0. The van der Waals surface area contributed by atoms with Crippen molar-refractivity contribution in [1.29, 1.82) is 0 Å². The monoisotopic (exact) mass is 569 g/mol. The molecule has 1 amide bonds. The van der Waals surface area contributed by atoms with Gasteiger partial charge in [0.25, 0.3) is 0 Å². The number of fused-ring (bicyclic) bond motifs is 1. The quantitative estimate of drug-likeness (QED) is 0.174. The number of halogens is 1. The Morgan fingerprint density at radius 2 is 1.82 bits per heavy atom. The zero-order chi connectivity index (χ0) is 27.1. The predicted octanol–water partition coefficient (Wildman–Crippen LogP) is 0.950. The molecule has 0 bridgehead atoms. The molecule has 1 fully saturated rings. The number of hydrogen-bond donors (Lipinski definition) is 1. The van der Waals surface area contributed by atoms with E-state index in [4.69, 9.17) is 19.9 Å². The van der Waals surface area contributed by atoms with Crippen molar-refractivity contribution in [3.05, 3.63) is 59.5 Å². The summed E-state index contributed by atoms with van der Waals surface area (Å²) in [5.74, 6) is -0.820. The molecule has 0 aliphatic heterocycles. The van der Waals surface area contributed by atoms with E-state index in [2.05, 4.69) is 11.4 Å². The normalized spacial score (nSPS) is 11.7. The Kier molecular flexibility index (Phi) is 14.8. The number of pyridine rings is 1. The van der Waals surface area contributed by atoms with Crippen molar-refractivity contribution < 1.29 is 85.1 Å². The van der Waals surface area contributed by atoms with Crippen molar-refractivity contribution in [3.8, 4) is 11.3 Å². The number of ether oxygens (including phenoxy) is 3. The van der Waals surface area contributed by atoms with Crippen LogP contribution in [0.1, 0.15) is 29.7 Å². The van der Waals surface area contributed by atoms with Gasteiger partial charge in [-0.3, -0.25) is 9.69 Å². The van der Waals surface area contributed by atoms with Crippen molar-refractivity contribution in [2.24, 2.45) is 0 Å². The van der Waals surface area contributed by atoms with Gasteiger partial charge in [0.05, 0.1) is 38.0 Å². The van der Waals surface area contributed by atoms with Gasteiger partial charge in [-0.1, -0.05) is 0 Å². The van der Waals surface area contributed by atoms with Crippen molar-refractivity contribution in [2.75, 3.05) is 40.2 Å². The predicted molar refractivity (Wildman–Crippen MR) is 140 cm³/mol. The second kappa shape index (κ2) is 16.4. The Hall–Kier alpha value is -1.90. The van der Waals surface area contributed by atoms with Crippen molar-refractivity contribution >= 4 is 23.2 Å². The molecule has 10 nitrogen and oxygen atoms in total. The summed E-state index contributed by atoms with van der Waals surface area (Å²) in [6, 6.07) is 6.62. The molecule has 1 aliphatic rings. The Labute approximate surface area is 270 Å². The molecule has 1 aromatic carbocycles. The fourth-order valence-electron chi connectivity index (χ4n) is 3.85. The number of amides is 1. The number of nitrogens with zero attached hydrogens (tertiary/aromatic N) is 3. The number of benzene rings is 1. The molecule has 39 heavy (non-hydrogen) atoms. The summed E-state index contributed by atoms with van der Waals surface area (Å²) in [5.41, 5.74) is 9.38. The average molecular weight is 570 g/mol. The van der Waals surface area contributed by atoms with E-state index in [1.807, 2.05) is 19.1 Å². The zero-order valence-corrected chi connectivity index (χ0v) is 26.5. The molecule has 208 valence electrons. The van der Waals surface area contributed by atoms with Gasteiger partial charge in [0.2, 0.25) is 0 Å². The van der Waals surface area contributed by atoms with E-state index in [-0.39, 0.29) is 87.7 Å². The molecule has 1 aliphatic carbocycles. The number of carbonyl (C=O) groups excluding carboxylic acids is 2. The first-order valence-electron chi connectivity index (χ1n) is 11.9. The number of aryl methyl sites for hydroxylation is 2. The molecule has 2 heterocycles. The molecule has 12 heteroatoms. The van der Waals surface area contributed by atoms with Crippen LogP contribution in [0.2, 0.25) is 0 Å². The molecule has 0 saturated heterocycles. The number of aromatic nitrogens is 2. The van der Waals surface area contributed by atoms with E-state index in [1.54, 1.807) is 23.6 Å². The zero-order valence-electron chi connectivity index (χ0n) is 23.4. The van der Waals surface area contributed by atoms with Gasteiger partial charge in [0.1, 0.15) is 11.5 Å². The molecule has 4 rings (SSSR count). The van der Waals surface area contributed by atoms with Crippen molar-refractivity contribution in [2.45, 2.75) is 39.4 Å². The van der Waals surface area contributed by atoms with Crippen LogP contribution in [-0.4, -0.2) is 72.3 Å². The Balaban J connectivity index is 0.00000142. The van der Waals surface area contributed by atoms with Gasteiger partial charge in [-0.15, -0.1) is 0 Å². The minimum Gasteiger partial charge on any atom is -0.870 e. The third-order valence-corrected chi connectivity index (χ3v) is 5.78. The number of carbonyl (C=O) groups is 2. The summed E-state index contributed by atoms with van der Waals surface area (Å²) in [7, 11) is 4.09. The topological polar surface area (TPSA) is 138 Å². The SMILES string of the molecule is COC(=O)N(CC(=O)Cc1c(-c2c(C)cc(N)cc2F)nc2cc(C)ccn12)CC(OC)OC.[CH-]1CC1.[K+].[OH-]. The van der Waals surface area contributed by atoms with E-state index in [9.17, 15) is 14.0 Å². The first-order valence-corrected chi connectivity index (χ1v) is 11.9. The Morgan fingerprint density at radius 3 is 2.36 bits per heavy atom. The van der Waals surface area contributed by atoms with Crippen LogP contribution in [0.25, 0.3) is 16.9 Å². The summed E-state index contributed by atoms with van der Waals surface area (Å²) >= 11 is 0. The van der Waals surface area contributed by atoms with Crippen LogP contribution < -0.4 is 57.1 Å². The van der Waals surface area contributed by atoms with E-state index in [1.165, 1.54) is 45.1 Å². The molecule has 0 unspecified atom stereocenters. The third kappa shape index (κ3) is 9.61. The number of rotatable bonds is 9. The second-order valence-corrected chi connectivity index (χ2v) is 8.87. The summed E-state index contributed by atoms with van der Waals surface area (Å²) < 4.78 is 31.8. The molecule has 0 radical (unpaired) electrons. The number of anilines is 1. The largest absolute Gasteiger partial charge is 1.00 e. The second-order valence-electron chi connectivity index (χ2n) is 8.87. The van der Waals surface area contributed by atoms with E-state index >= 15 is 0 Å². The van der Waals surface area contributed by atoms with Gasteiger partial charge < -0.3 is 36.2 Å². The van der Waals surface area contributed by atoms with Crippen LogP contribution >= 0.6 is 0 Å². The number of nitrogen functional groups attached to an aromatic ring is 1. The maximum atomic E-state index is 15.0. The molecular weight excluding hydrogens is 534 g/mol. The number of hydrogen-bond acceptors (Lipinski definition) is 8. The van der Waals surface area contributed by atoms with Crippen LogP contribution in [-0.2, 0) is 25.4 Å². The van der Waals surface area contributed by atoms with Crippen LogP contribution in [0.3, 0.4) is 0 Å². The summed E-state index contributed by atoms with van der Waals surface area (Å²) in [4.78, 5) is 31.2. The van der Waals surface area contributed by atoms with Crippen molar-refractivity contribution in [1.82, 2.24) is 14.3 Å². The molecular formula is C27H35FKN4O6-. The first kappa shape index (κ1) is 35.1. The number of methoxy groups -OCH3 is 3. The fourth-order valence-corrected chi connectivity index (χ4v) is 3.85. The molecule has 2 aromatic heterocycles. The Bertz CT molecular complexity index is 1240. The minimum absolute atomic E-state index is 0. The average Bonchev–Trinajstić information content (AvgIpc) is 3.70. The molecule has 1 saturated carbocycles. The molecule has 3 aromatic rings. The standard InChI is InChI=1S/C24H29FN4O5.C3H5.K.H2O/c1-14-6-7-29-19(11-17(30)12-28(24(31)34-5)13-21(32-3)33-4)23(27-20(29)8-14)22-15(2)9-16(26)10-18(22)25;1-2-3-1;;/h6-10,21H,11-13,26H2,1-5H3;1H,2-3H2;;1H2/q;-1;+1;/p-1. The van der Waals surface area contributed by atoms with E-state index in [0.717, 1.165) is 5.56 Å². The van der Waals surface area contributed by atoms with E-state index < -0.39 is 18.2 Å². The minimum atomic E-state index is -0.729. The molecule has 0 spiro atoms. The van der Waals surface area contributed by atoms with Crippen LogP contribution in [0.5, 0.6) is 0 Å². The van der Waals surface area contributed by atoms with Gasteiger partial charge in [0.15, 0.2) is 12.1 Å². The number of Topliss-reactive ketones (excluding diaryl/α,β-unsaturated/α-hetero) is 1. The van der Waals surface area contributed by atoms with Crippen LogP contribution in [0.15, 0.2) is 30.5 Å². The fraction of sp³-hybridized carbons (Fsp3) is 0.407. The van der Waals surface area contributed by atoms with Crippen LogP contribution in [0, 0.1) is 26.1 Å². The van der Waals surface area contributed by atoms with Gasteiger partial charge >= 0.3 is 57.5 Å². The third-order valence-electron chi connectivity index (χ3n) is 5.78. The van der Waals surface area contributed by atoms with E-state index in [0.29, 0.717) is 28.3 Å². The smallest absolute Gasteiger partial charge is 0.870 e. The number of nitrogens with two attached hydrogens (primary N) is 1. The van der Waals surface area contributed by atoms with Crippen molar-refractivity contribution in [3.63, 3.8) is 0 Å². The van der Waals surface area contributed by atoms with Crippen LogP contribution in [0.4, 0.5) is 14.9 Å². The summed E-state index contributed by atoms with van der Waals surface area (Å²) in [6.07, 6.45) is 5.27. The maximum Gasteiger partial charge on any atom is 1.00 e. The Morgan fingerprint density at radius 1 is 1.18 bits per heavy atom. The number of ketones is 1. The molecule has 0 atom stereocenters. The molecule has 3 N–H and O–H groups in total. The number of imidazole rings is 1. The summed E-state index contributed by atoms with van der Waals surface area (Å²) in [5, 5.41) is 0.